The second kappa shape index (κ2) is 6.70. The van der Waals surface area contributed by atoms with Gasteiger partial charge in [0.15, 0.2) is 5.13 Å². The standard InChI is InChI=1S/C14H21N3OS/c1-10(2)12-9-16-14(19-12)17-13(18)15-8-11-6-4-3-5-7-11/h3-4,9-11H,5-8H2,1-2H3,(H2,15,16,17,18). The molecule has 1 aliphatic rings. The third-order valence-corrected chi connectivity index (χ3v) is 4.46. The zero-order valence-corrected chi connectivity index (χ0v) is 12.3. The Hall–Kier alpha value is -1.36. The molecule has 104 valence electrons. The van der Waals surface area contributed by atoms with E-state index < -0.39 is 0 Å². The van der Waals surface area contributed by atoms with Gasteiger partial charge in [-0.1, -0.05) is 26.0 Å². The third-order valence-electron chi connectivity index (χ3n) is 3.24. The van der Waals surface area contributed by atoms with Crippen molar-refractivity contribution in [3.05, 3.63) is 23.2 Å². The Kier molecular flexibility index (Phi) is 4.96. The van der Waals surface area contributed by atoms with Crippen LogP contribution in [-0.2, 0) is 0 Å². The van der Waals surface area contributed by atoms with Crippen molar-refractivity contribution in [2.45, 2.75) is 39.0 Å². The van der Waals surface area contributed by atoms with Gasteiger partial charge in [-0.25, -0.2) is 9.78 Å². The van der Waals surface area contributed by atoms with E-state index in [-0.39, 0.29) is 6.03 Å². The normalized spacial score (nSPS) is 18.6. The molecular weight excluding hydrogens is 258 g/mol. The molecule has 0 saturated carbocycles. The molecule has 0 radical (unpaired) electrons. The summed E-state index contributed by atoms with van der Waals surface area (Å²) in [6.07, 6.45) is 9.58. The molecule has 0 saturated heterocycles. The number of nitrogens with zero attached hydrogens (tertiary/aromatic N) is 1. The molecule has 2 N–H and O–H groups in total. The van der Waals surface area contributed by atoms with Crippen LogP contribution in [0.25, 0.3) is 0 Å². The van der Waals surface area contributed by atoms with Gasteiger partial charge in [-0.15, -0.1) is 11.3 Å². The van der Waals surface area contributed by atoms with E-state index in [2.05, 4.69) is 41.6 Å². The molecule has 1 aromatic rings. The van der Waals surface area contributed by atoms with Gasteiger partial charge in [0.05, 0.1) is 0 Å². The molecule has 1 unspecified atom stereocenters. The number of allylic oxidation sites excluding steroid dienone is 2. The van der Waals surface area contributed by atoms with Crippen molar-refractivity contribution in [3.63, 3.8) is 0 Å². The summed E-state index contributed by atoms with van der Waals surface area (Å²) in [5, 5.41) is 6.39. The van der Waals surface area contributed by atoms with Crippen LogP contribution in [0.1, 0.15) is 43.9 Å². The number of hydrogen-bond donors (Lipinski definition) is 2. The molecule has 5 heteroatoms. The number of urea groups is 1. The second-order valence-electron chi connectivity index (χ2n) is 5.21. The Labute approximate surface area is 118 Å². The quantitative estimate of drug-likeness (QED) is 0.825. The van der Waals surface area contributed by atoms with Crippen LogP contribution in [0.5, 0.6) is 0 Å². The fraction of sp³-hybridized carbons (Fsp3) is 0.571. The number of amides is 2. The van der Waals surface area contributed by atoms with Crippen molar-refractivity contribution in [1.82, 2.24) is 10.3 Å². The maximum Gasteiger partial charge on any atom is 0.321 e. The van der Waals surface area contributed by atoms with Crippen LogP contribution >= 0.6 is 11.3 Å². The molecule has 2 amide bonds. The Morgan fingerprint density at radius 3 is 3.00 bits per heavy atom. The average Bonchev–Trinajstić information content (AvgIpc) is 2.86. The number of carbonyl (C=O) groups excluding carboxylic acids is 1. The molecule has 19 heavy (non-hydrogen) atoms. The molecule has 4 nitrogen and oxygen atoms in total. The first kappa shape index (κ1) is 14.1. The van der Waals surface area contributed by atoms with Crippen molar-refractivity contribution in [1.29, 1.82) is 0 Å². The smallest absolute Gasteiger partial charge is 0.321 e. The molecule has 0 bridgehead atoms. The topological polar surface area (TPSA) is 54.0 Å². The van der Waals surface area contributed by atoms with Crippen molar-refractivity contribution in [2.75, 3.05) is 11.9 Å². The monoisotopic (exact) mass is 279 g/mol. The average molecular weight is 279 g/mol. The summed E-state index contributed by atoms with van der Waals surface area (Å²) in [5.74, 6) is 1.02. The van der Waals surface area contributed by atoms with E-state index in [9.17, 15) is 4.79 Å². The van der Waals surface area contributed by atoms with Crippen molar-refractivity contribution < 1.29 is 4.79 Å². The van der Waals surface area contributed by atoms with Crippen LogP contribution < -0.4 is 10.6 Å². The molecule has 0 spiro atoms. The minimum absolute atomic E-state index is 0.154. The summed E-state index contributed by atoms with van der Waals surface area (Å²) in [7, 11) is 0. The van der Waals surface area contributed by atoms with Crippen LogP contribution in [0.2, 0.25) is 0 Å². The summed E-state index contributed by atoms with van der Waals surface area (Å²) in [5.41, 5.74) is 0. The van der Waals surface area contributed by atoms with Crippen LogP contribution in [-0.4, -0.2) is 17.6 Å². The molecular formula is C14H21N3OS. The van der Waals surface area contributed by atoms with Gasteiger partial charge in [-0.2, -0.15) is 0 Å². The second-order valence-corrected chi connectivity index (χ2v) is 6.27. The van der Waals surface area contributed by atoms with E-state index in [4.69, 9.17) is 0 Å². The van der Waals surface area contributed by atoms with E-state index in [0.29, 0.717) is 17.0 Å². The Balaban J connectivity index is 1.75. The lowest BCUT2D eigenvalue weighted by atomic mass is 9.94. The van der Waals surface area contributed by atoms with Crippen molar-refractivity contribution >= 4 is 22.5 Å². The molecule has 1 atom stereocenters. The highest BCUT2D eigenvalue weighted by Gasteiger charge is 2.12. The molecule has 1 heterocycles. The van der Waals surface area contributed by atoms with Gasteiger partial charge in [0.1, 0.15) is 0 Å². The maximum atomic E-state index is 11.8. The van der Waals surface area contributed by atoms with Gasteiger partial charge in [-0.3, -0.25) is 5.32 Å². The third kappa shape index (κ3) is 4.35. The maximum absolute atomic E-state index is 11.8. The van der Waals surface area contributed by atoms with E-state index >= 15 is 0 Å². The first-order chi connectivity index (χ1) is 9.15. The molecule has 0 fully saturated rings. The molecule has 0 aliphatic heterocycles. The van der Waals surface area contributed by atoms with Crippen LogP contribution in [0.3, 0.4) is 0 Å². The zero-order chi connectivity index (χ0) is 13.7. The molecule has 2 rings (SSSR count). The Bertz CT molecular complexity index is 453. The lowest BCUT2D eigenvalue weighted by Crippen LogP contribution is -2.33. The SMILES string of the molecule is CC(C)c1cnc(NC(=O)NCC2CC=CCC2)s1. The van der Waals surface area contributed by atoms with E-state index in [1.807, 2.05) is 6.20 Å². The fourth-order valence-corrected chi connectivity index (χ4v) is 2.84. The minimum atomic E-state index is -0.154. The largest absolute Gasteiger partial charge is 0.338 e. The highest BCUT2D eigenvalue weighted by Crippen LogP contribution is 2.25. The summed E-state index contributed by atoms with van der Waals surface area (Å²) >= 11 is 1.54. The van der Waals surface area contributed by atoms with Gasteiger partial charge < -0.3 is 5.32 Å². The first-order valence-corrected chi connectivity index (χ1v) is 7.62. The van der Waals surface area contributed by atoms with Gasteiger partial charge in [-0.05, 0) is 31.1 Å². The first-order valence-electron chi connectivity index (χ1n) is 6.80. The van der Waals surface area contributed by atoms with Gasteiger partial charge in [0, 0.05) is 17.6 Å². The van der Waals surface area contributed by atoms with Gasteiger partial charge >= 0.3 is 6.03 Å². The molecule has 0 aromatic carbocycles. The minimum Gasteiger partial charge on any atom is -0.338 e. The summed E-state index contributed by atoms with van der Waals surface area (Å²) in [6, 6.07) is -0.154. The van der Waals surface area contributed by atoms with Crippen molar-refractivity contribution in [2.24, 2.45) is 5.92 Å². The summed E-state index contributed by atoms with van der Waals surface area (Å²) < 4.78 is 0. The lowest BCUT2D eigenvalue weighted by Gasteiger charge is -2.17. The van der Waals surface area contributed by atoms with Crippen molar-refractivity contribution in [3.8, 4) is 0 Å². The number of hydrogen-bond acceptors (Lipinski definition) is 3. The summed E-state index contributed by atoms with van der Waals surface area (Å²) in [6.45, 7) is 4.97. The lowest BCUT2D eigenvalue weighted by molar-refractivity contribution is 0.249. The summed E-state index contributed by atoms with van der Waals surface area (Å²) in [4.78, 5) is 17.2. The van der Waals surface area contributed by atoms with E-state index in [1.54, 1.807) is 0 Å². The van der Waals surface area contributed by atoms with E-state index in [1.165, 1.54) is 16.2 Å². The zero-order valence-electron chi connectivity index (χ0n) is 11.5. The molecule has 1 aliphatic carbocycles. The van der Waals surface area contributed by atoms with Gasteiger partial charge in [0.25, 0.3) is 0 Å². The number of aromatic nitrogens is 1. The van der Waals surface area contributed by atoms with E-state index in [0.717, 1.165) is 25.8 Å². The fourth-order valence-electron chi connectivity index (χ4n) is 2.03. The van der Waals surface area contributed by atoms with Gasteiger partial charge in [0.2, 0.25) is 0 Å². The van der Waals surface area contributed by atoms with Crippen LogP contribution in [0.4, 0.5) is 9.93 Å². The number of carbonyl (C=O) groups is 1. The number of rotatable bonds is 4. The predicted molar refractivity (Wildman–Crippen MR) is 79.7 cm³/mol. The predicted octanol–water partition coefficient (Wildman–Crippen LogP) is 3.74. The highest BCUT2D eigenvalue weighted by atomic mass is 32.1. The number of thiazole rings is 1. The Morgan fingerprint density at radius 2 is 2.37 bits per heavy atom. The highest BCUT2D eigenvalue weighted by molar-refractivity contribution is 7.15. The van der Waals surface area contributed by atoms with Crippen LogP contribution in [0, 0.1) is 5.92 Å². The number of anilines is 1. The Morgan fingerprint density at radius 1 is 1.53 bits per heavy atom. The number of nitrogens with one attached hydrogen (secondary N) is 2. The molecule has 1 aromatic heterocycles. The van der Waals surface area contributed by atoms with Crippen LogP contribution in [0.15, 0.2) is 18.3 Å².